The van der Waals surface area contributed by atoms with E-state index in [0.717, 1.165) is 16.8 Å². The van der Waals surface area contributed by atoms with Gasteiger partial charge in [-0.1, -0.05) is 17.7 Å². The third kappa shape index (κ3) is 3.53. The molecule has 3 rings (SSSR count). The van der Waals surface area contributed by atoms with Crippen LogP contribution in [0.15, 0.2) is 39.7 Å². The van der Waals surface area contributed by atoms with Crippen molar-refractivity contribution in [2.24, 2.45) is 0 Å². The van der Waals surface area contributed by atoms with Crippen molar-refractivity contribution in [3.05, 3.63) is 67.8 Å². The number of rotatable bonds is 3. The average Bonchev–Trinajstić information content (AvgIpc) is 2.92. The van der Waals surface area contributed by atoms with Gasteiger partial charge in [0.15, 0.2) is 5.69 Å². The number of H-pyrrole nitrogens is 1. The van der Waals surface area contributed by atoms with Crippen LogP contribution in [0.25, 0.3) is 5.69 Å². The zero-order chi connectivity index (χ0) is 18.1. The summed E-state index contributed by atoms with van der Waals surface area (Å²) in [4.78, 5) is 28.2. The first-order valence-electron chi connectivity index (χ1n) is 7.56. The fourth-order valence-corrected chi connectivity index (χ4v) is 2.80. The van der Waals surface area contributed by atoms with Gasteiger partial charge in [0.1, 0.15) is 5.69 Å². The number of nitrogens with one attached hydrogen (secondary N) is 2. The lowest BCUT2D eigenvalue weighted by molar-refractivity contribution is 0.102. The van der Waals surface area contributed by atoms with E-state index in [1.807, 2.05) is 32.0 Å². The average molecular weight is 402 g/mol. The molecule has 0 atom stereocenters. The SMILES string of the molecule is Cc1ccc(-n2nc(C)c(C(=O)Nc3cc(Br)c[nH]c3=O)n2)c(C)c1. The molecule has 0 fully saturated rings. The minimum Gasteiger partial charge on any atom is -0.326 e. The molecule has 2 N–H and O–H groups in total. The van der Waals surface area contributed by atoms with Crippen LogP contribution in [0, 0.1) is 20.8 Å². The second-order valence-electron chi connectivity index (χ2n) is 5.73. The molecule has 1 amide bonds. The molecule has 2 heterocycles. The summed E-state index contributed by atoms with van der Waals surface area (Å²) in [6, 6.07) is 7.42. The van der Waals surface area contributed by atoms with E-state index in [0.29, 0.717) is 10.2 Å². The van der Waals surface area contributed by atoms with Crippen molar-refractivity contribution in [3.63, 3.8) is 0 Å². The highest BCUT2D eigenvalue weighted by Gasteiger charge is 2.18. The number of nitrogens with zero attached hydrogens (tertiary/aromatic N) is 3. The molecule has 3 aromatic rings. The van der Waals surface area contributed by atoms with E-state index in [9.17, 15) is 9.59 Å². The Morgan fingerprint density at radius 3 is 2.68 bits per heavy atom. The number of aromatic nitrogens is 4. The molecule has 8 heteroatoms. The van der Waals surface area contributed by atoms with Crippen molar-refractivity contribution in [1.82, 2.24) is 20.0 Å². The Bertz CT molecular complexity index is 1020. The van der Waals surface area contributed by atoms with Gasteiger partial charge in [-0.05, 0) is 54.4 Å². The monoisotopic (exact) mass is 401 g/mol. The molecular formula is C17H16BrN5O2. The van der Waals surface area contributed by atoms with Gasteiger partial charge in [-0.3, -0.25) is 9.59 Å². The van der Waals surface area contributed by atoms with Crippen molar-refractivity contribution in [3.8, 4) is 5.69 Å². The molecule has 25 heavy (non-hydrogen) atoms. The Balaban J connectivity index is 1.93. The molecular weight excluding hydrogens is 386 g/mol. The molecule has 7 nitrogen and oxygen atoms in total. The fraction of sp³-hybridized carbons (Fsp3) is 0.176. The smallest absolute Gasteiger partial charge is 0.278 e. The summed E-state index contributed by atoms with van der Waals surface area (Å²) in [7, 11) is 0. The Hall–Kier alpha value is -2.74. The Morgan fingerprint density at radius 1 is 1.20 bits per heavy atom. The quantitative estimate of drug-likeness (QED) is 0.705. The number of carbonyl (C=O) groups excluding carboxylic acids is 1. The van der Waals surface area contributed by atoms with Crippen LogP contribution in [0.2, 0.25) is 0 Å². The van der Waals surface area contributed by atoms with Crippen LogP contribution in [0.3, 0.4) is 0 Å². The normalized spacial score (nSPS) is 10.7. The number of pyridine rings is 1. The number of hydrogen-bond acceptors (Lipinski definition) is 4. The number of aromatic amines is 1. The fourth-order valence-electron chi connectivity index (χ4n) is 2.46. The first-order chi connectivity index (χ1) is 11.8. The second-order valence-corrected chi connectivity index (χ2v) is 6.64. The predicted molar refractivity (Wildman–Crippen MR) is 98.3 cm³/mol. The standard InChI is InChI=1S/C17H16BrN5O2/c1-9-4-5-14(10(2)6-9)23-21-11(3)15(22-23)17(25)20-13-7-12(18)8-19-16(13)24/h4-8H,1-3H3,(H,19,24)(H,20,25). The third-order valence-electron chi connectivity index (χ3n) is 3.68. The molecule has 0 aliphatic rings. The minimum absolute atomic E-state index is 0.139. The molecule has 0 aliphatic carbocycles. The highest BCUT2D eigenvalue weighted by atomic mass is 79.9. The molecule has 2 aromatic heterocycles. The van der Waals surface area contributed by atoms with Crippen molar-refractivity contribution in [1.29, 1.82) is 0 Å². The Labute approximate surface area is 152 Å². The number of benzene rings is 1. The molecule has 0 saturated carbocycles. The van der Waals surface area contributed by atoms with E-state index in [1.165, 1.54) is 17.1 Å². The van der Waals surface area contributed by atoms with Gasteiger partial charge in [-0.2, -0.15) is 9.90 Å². The van der Waals surface area contributed by atoms with E-state index < -0.39 is 11.5 Å². The van der Waals surface area contributed by atoms with Gasteiger partial charge in [0, 0.05) is 10.7 Å². The van der Waals surface area contributed by atoms with Gasteiger partial charge in [-0.25, -0.2) is 0 Å². The van der Waals surface area contributed by atoms with Gasteiger partial charge in [0.25, 0.3) is 11.5 Å². The topological polar surface area (TPSA) is 92.7 Å². The molecule has 0 radical (unpaired) electrons. The number of amides is 1. The molecule has 128 valence electrons. The van der Waals surface area contributed by atoms with E-state index in [2.05, 4.69) is 36.4 Å². The third-order valence-corrected chi connectivity index (χ3v) is 4.14. The first-order valence-corrected chi connectivity index (χ1v) is 8.35. The van der Waals surface area contributed by atoms with Gasteiger partial charge in [-0.15, -0.1) is 5.10 Å². The lowest BCUT2D eigenvalue weighted by Gasteiger charge is -2.05. The Kier molecular flexibility index (Phi) is 4.54. The lowest BCUT2D eigenvalue weighted by atomic mass is 10.1. The summed E-state index contributed by atoms with van der Waals surface area (Å²) in [5, 5.41) is 11.2. The number of aryl methyl sites for hydroxylation is 3. The number of carbonyl (C=O) groups is 1. The summed E-state index contributed by atoms with van der Waals surface area (Å²) < 4.78 is 0.651. The van der Waals surface area contributed by atoms with Crippen molar-refractivity contribution >= 4 is 27.5 Å². The maximum Gasteiger partial charge on any atom is 0.278 e. The summed E-state index contributed by atoms with van der Waals surface area (Å²) >= 11 is 3.25. The molecule has 0 unspecified atom stereocenters. The molecule has 0 spiro atoms. The van der Waals surface area contributed by atoms with Crippen molar-refractivity contribution in [2.75, 3.05) is 5.32 Å². The van der Waals surface area contributed by atoms with Crippen LogP contribution in [0.4, 0.5) is 5.69 Å². The number of anilines is 1. The van der Waals surface area contributed by atoms with Crippen LogP contribution in [-0.4, -0.2) is 25.9 Å². The van der Waals surface area contributed by atoms with Crippen molar-refractivity contribution < 1.29 is 4.79 Å². The van der Waals surface area contributed by atoms with Crippen molar-refractivity contribution in [2.45, 2.75) is 20.8 Å². The van der Waals surface area contributed by atoms with Gasteiger partial charge >= 0.3 is 0 Å². The summed E-state index contributed by atoms with van der Waals surface area (Å²) in [5.41, 5.74) is 3.33. The molecule has 1 aromatic carbocycles. The maximum atomic E-state index is 12.5. The minimum atomic E-state index is -0.489. The molecule has 0 saturated heterocycles. The zero-order valence-corrected chi connectivity index (χ0v) is 15.5. The zero-order valence-electron chi connectivity index (χ0n) is 13.9. The summed E-state index contributed by atoms with van der Waals surface area (Å²) in [6.45, 7) is 5.67. The van der Waals surface area contributed by atoms with Crippen LogP contribution in [0.1, 0.15) is 27.3 Å². The van der Waals surface area contributed by atoms with Gasteiger partial charge in [0.2, 0.25) is 0 Å². The van der Waals surface area contributed by atoms with E-state index >= 15 is 0 Å². The maximum absolute atomic E-state index is 12.5. The first kappa shape index (κ1) is 17.1. The largest absolute Gasteiger partial charge is 0.326 e. The second kappa shape index (κ2) is 6.64. The summed E-state index contributed by atoms with van der Waals surface area (Å²) in [5.74, 6) is -0.489. The van der Waals surface area contributed by atoms with Crippen LogP contribution in [0.5, 0.6) is 0 Å². The molecule has 0 bridgehead atoms. The predicted octanol–water partition coefficient (Wildman–Crippen LogP) is 2.90. The highest BCUT2D eigenvalue weighted by Crippen LogP contribution is 2.16. The van der Waals surface area contributed by atoms with E-state index in [-0.39, 0.29) is 11.4 Å². The van der Waals surface area contributed by atoms with E-state index in [1.54, 1.807) is 6.92 Å². The van der Waals surface area contributed by atoms with Crippen LogP contribution in [-0.2, 0) is 0 Å². The van der Waals surface area contributed by atoms with Crippen LogP contribution >= 0.6 is 15.9 Å². The van der Waals surface area contributed by atoms with Crippen LogP contribution < -0.4 is 10.9 Å². The molecule has 0 aliphatic heterocycles. The highest BCUT2D eigenvalue weighted by molar-refractivity contribution is 9.10. The number of hydrogen-bond donors (Lipinski definition) is 2. The lowest BCUT2D eigenvalue weighted by Crippen LogP contribution is -2.20. The van der Waals surface area contributed by atoms with Gasteiger partial charge in [0.05, 0.1) is 11.4 Å². The van der Waals surface area contributed by atoms with Gasteiger partial charge < -0.3 is 10.3 Å². The number of halogens is 1. The Morgan fingerprint density at radius 2 is 1.96 bits per heavy atom. The van der Waals surface area contributed by atoms with E-state index in [4.69, 9.17) is 0 Å². The summed E-state index contributed by atoms with van der Waals surface area (Å²) in [6.07, 6.45) is 1.50.